The van der Waals surface area contributed by atoms with E-state index in [1.54, 1.807) is 13.0 Å². The summed E-state index contributed by atoms with van der Waals surface area (Å²) < 4.78 is 37.7. The highest BCUT2D eigenvalue weighted by molar-refractivity contribution is 5.37. The van der Waals surface area contributed by atoms with Gasteiger partial charge in [-0.15, -0.1) is 0 Å². The molecule has 4 heteroatoms. The molecule has 1 aromatic carbocycles. The van der Waals surface area contributed by atoms with E-state index >= 15 is 0 Å². The number of benzene rings is 1. The van der Waals surface area contributed by atoms with Gasteiger partial charge in [-0.25, -0.2) is 0 Å². The molecule has 1 heterocycles. The van der Waals surface area contributed by atoms with Gasteiger partial charge in [-0.05, 0) is 56.5 Å². The van der Waals surface area contributed by atoms with Crippen LogP contribution < -0.4 is 5.32 Å². The van der Waals surface area contributed by atoms with Gasteiger partial charge in [0.05, 0.1) is 5.56 Å². The maximum atomic E-state index is 12.6. The summed E-state index contributed by atoms with van der Waals surface area (Å²) in [5, 5.41) is 3.37. The lowest BCUT2D eigenvalue weighted by Crippen LogP contribution is -2.34. The largest absolute Gasteiger partial charge is 0.416 e. The summed E-state index contributed by atoms with van der Waals surface area (Å²) in [6.45, 7) is 4.72. The van der Waals surface area contributed by atoms with Gasteiger partial charge in [0.2, 0.25) is 0 Å². The molecular weight excluding hydrogens is 227 g/mol. The summed E-state index contributed by atoms with van der Waals surface area (Å²) in [6, 6.07) is 4.02. The minimum Gasteiger partial charge on any atom is -0.308 e. The van der Waals surface area contributed by atoms with Crippen molar-refractivity contribution >= 4 is 0 Å². The van der Waals surface area contributed by atoms with Crippen LogP contribution in [0.4, 0.5) is 13.2 Å². The zero-order valence-corrected chi connectivity index (χ0v) is 9.99. The van der Waals surface area contributed by atoms with Crippen molar-refractivity contribution < 1.29 is 13.2 Å². The lowest BCUT2D eigenvalue weighted by Gasteiger charge is -2.27. The third-order valence-corrected chi connectivity index (χ3v) is 3.52. The minimum absolute atomic E-state index is 0.172. The molecule has 0 saturated carbocycles. The van der Waals surface area contributed by atoms with Crippen molar-refractivity contribution in [1.82, 2.24) is 5.32 Å². The molecule has 1 aliphatic rings. The molecule has 0 aromatic heterocycles. The molecule has 1 aromatic rings. The molecule has 1 unspecified atom stereocenters. The molecule has 2 rings (SSSR count). The Bertz CT molecular complexity index is 417. The van der Waals surface area contributed by atoms with Crippen LogP contribution in [0.15, 0.2) is 18.2 Å². The number of nitrogens with one attached hydrogen (secondary N) is 1. The van der Waals surface area contributed by atoms with E-state index in [1.165, 1.54) is 12.1 Å². The SMILES string of the molecule is Cc1cc(C(F)(F)F)ccc1C1(C)CCCN1. The molecule has 1 fully saturated rings. The number of hydrogen-bond acceptors (Lipinski definition) is 1. The maximum absolute atomic E-state index is 12.6. The van der Waals surface area contributed by atoms with Gasteiger partial charge >= 0.3 is 6.18 Å². The Morgan fingerprint density at radius 2 is 2.00 bits per heavy atom. The Morgan fingerprint density at radius 3 is 2.47 bits per heavy atom. The van der Waals surface area contributed by atoms with Crippen LogP contribution in [-0.2, 0) is 11.7 Å². The van der Waals surface area contributed by atoms with E-state index in [0.717, 1.165) is 24.9 Å². The molecule has 0 aliphatic carbocycles. The second kappa shape index (κ2) is 4.02. The van der Waals surface area contributed by atoms with Crippen LogP contribution in [0.25, 0.3) is 0 Å². The summed E-state index contributed by atoms with van der Waals surface area (Å²) in [6.07, 6.45) is -2.22. The van der Waals surface area contributed by atoms with Crippen molar-refractivity contribution in [3.05, 3.63) is 34.9 Å². The summed E-state index contributed by atoms with van der Waals surface area (Å²) in [7, 11) is 0. The standard InChI is InChI=1S/C13H16F3N/c1-9-8-10(13(14,15)16)4-5-11(9)12(2)6-3-7-17-12/h4-5,8,17H,3,6-7H2,1-2H3. The van der Waals surface area contributed by atoms with Crippen LogP contribution in [0.5, 0.6) is 0 Å². The number of hydrogen-bond donors (Lipinski definition) is 1. The molecule has 17 heavy (non-hydrogen) atoms. The van der Waals surface area contributed by atoms with Gasteiger partial charge in [0.1, 0.15) is 0 Å². The lowest BCUT2D eigenvalue weighted by molar-refractivity contribution is -0.137. The smallest absolute Gasteiger partial charge is 0.308 e. The number of aryl methyl sites for hydroxylation is 1. The number of halogens is 3. The Labute approximate surface area is 99.0 Å². The Balaban J connectivity index is 2.38. The first-order chi connectivity index (χ1) is 7.83. The first-order valence-electron chi connectivity index (χ1n) is 5.76. The molecule has 1 nitrogen and oxygen atoms in total. The summed E-state index contributed by atoms with van der Waals surface area (Å²) in [5.41, 5.74) is 0.939. The van der Waals surface area contributed by atoms with Gasteiger partial charge in [0, 0.05) is 5.54 Å². The van der Waals surface area contributed by atoms with E-state index in [9.17, 15) is 13.2 Å². The fraction of sp³-hybridized carbons (Fsp3) is 0.538. The molecule has 0 spiro atoms. The summed E-state index contributed by atoms with van der Waals surface area (Å²) in [5.74, 6) is 0. The Morgan fingerprint density at radius 1 is 1.29 bits per heavy atom. The third kappa shape index (κ3) is 2.32. The third-order valence-electron chi connectivity index (χ3n) is 3.52. The molecule has 0 radical (unpaired) electrons. The fourth-order valence-corrected chi connectivity index (χ4v) is 2.58. The van der Waals surface area contributed by atoms with Crippen LogP contribution in [-0.4, -0.2) is 6.54 Å². The second-order valence-corrected chi connectivity index (χ2v) is 4.89. The van der Waals surface area contributed by atoms with Gasteiger partial charge in [0.15, 0.2) is 0 Å². The molecular formula is C13H16F3N. The van der Waals surface area contributed by atoms with Gasteiger partial charge in [-0.1, -0.05) is 6.07 Å². The highest BCUT2D eigenvalue weighted by Gasteiger charge is 2.34. The van der Waals surface area contributed by atoms with E-state index in [0.29, 0.717) is 5.56 Å². The van der Waals surface area contributed by atoms with Gasteiger partial charge in [0.25, 0.3) is 0 Å². The van der Waals surface area contributed by atoms with E-state index in [1.807, 2.05) is 0 Å². The molecule has 1 N–H and O–H groups in total. The average Bonchev–Trinajstić information content (AvgIpc) is 2.64. The van der Waals surface area contributed by atoms with Crippen LogP contribution in [0.1, 0.15) is 36.5 Å². The van der Waals surface area contributed by atoms with Gasteiger partial charge in [-0.2, -0.15) is 13.2 Å². The Hall–Kier alpha value is -1.03. The predicted molar refractivity (Wildman–Crippen MR) is 60.8 cm³/mol. The molecule has 1 atom stereocenters. The highest BCUT2D eigenvalue weighted by Crippen LogP contribution is 2.36. The fourth-order valence-electron chi connectivity index (χ4n) is 2.58. The average molecular weight is 243 g/mol. The molecule has 0 amide bonds. The minimum atomic E-state index is -4.26. The first kappa shape index (κ1) is 12.4. The quantitative estimate of drug-likeness (QED) is 0.794. The van der Waals surface area contributed by atoms with E-state index in [-0.39, 0.29) is 5.54 Å². The summed E-state index contributed by atoms with van der Waals surface area (Å²) in [4.78, 5) is 0. The van der Waals surface area contributed by atoms with Crippen LogP contribution in [0.2, 0.25) is 0 Å². The second-order valence-electron chi connectivity index (χ2n) is 4.89. The van der Waals surface area contributed by atoms with Crippen LogP contribution >= 0.6 is 0 Å². The van der Waals surface area contributed by atoms with Crippen LogP contribution in [0.3, 0.4) is 0 Å². The number of alkyl halides is 3. The highest BCUT2D eigenvalue weighted by atomic mass is 19.4. The molecule has 1 aliphatic heterocycles. The zero-order valence-electron chi connectivity index (χ0n) is 9.99. The zero-order chi connectivity index (χ0) is 12.7. The molecule has 1 saturated heterocycles. The predicted octanol–water partition coefficient (Wildman–Crippen LogP) is 3.61. The number of rotatable bonds is 1. The van der Waals surface area contributed by atoms with E-state index in [2.05, 4.69) is 12.2 Å². The summed E-state index contributed by atoms with van der Waals surface area (Å²) >= 11 is 0. The topological polar surface area (TPSA) is 12.0 Å². The van der Waals surface area contributed by atoms with Gasteiger partial charge in [-0.3, -0.25) is 0 Å². The van der Waals surface area contributed by atoms with Crippen LogP contribution in [0, 0.1) is 6.92 Å². The van der Waals surface area contributed by atoms with Crippen molar-refractivity contribution in [3.8, 4) is 0 Å². The first-order valence-corrected chi connectivity index (χ1v) is 5.76. The van der Waals surface area contributed by atoms with Crippen molar-refractivity contribution in [1.29, 1.82) is 0 Å². The normalized spacial score (nSPS) is 25.2. The van der Waals surface area contributed by atoms with Crippen molar-refractivity contribution in [3.63, 3.8) is 0 Å². The Kier molecular flexibility index (Phi) is 2.94. The maximum Gasteiger partial charge on any atom is 0.416 e. The van der Waals surface area contributed by atoms with Crippen molar-refractivity contribution in [2.24, 2.45) is 0 Å². The lowest BCUT2D eigenvalue weighted by atomic mass is 9.86. The van der Waals surface area contributed by atoms with E-state index < -0.39 is 11.7 Å². The monoisotopic (exact) mass is 243 g/mol. The van der Waals surface area contributed by atoms with Gasteiger partial charge < -0.3 is 5.32 Å². The molecule has 0 bridgehead atoms. The molecule has 94 valence electrons. The van der Waals surface area contributed by atoms with Crippen molar-refractivity contribution in [2.45, 2.75) is 38.4 Å². The van der Waals surface area contributed by atoms with E-state index in [4.69, 9.17) is 0 Å². The van der Waals surface area contributed by atoms with Crippen molar-refractivity contribution in [2.75, 3.05) is 6.54 Å².